The minimum atomic E-state index is -0.755. The lowest BCUT2D eigenvalue weighted by Crippen LogP contribution is -2.24. The fourth-order valence-corrected chi connectivity index (χ4v) is 3.81. The normalized spacial score (nSPS) is 15.3. The summed E-state index contributed by atoms with van der Waals surface area (Å²) in [5, 5.41) is 11.6. The Morgan fingerprint density at radius 1 is 1.33 bits per heavy atom. The monoisotopic (exact) mass is 309 g/mol. The SMILES string of the molecule is CC(CCNC(=O)c1cc2c(s1)CCCC2)CCC(=O)O. The molecule has 4 nitrogen and oxygen atoms in total. The third-order valence-electron chi connectivity index (χ3n) is 3.99. The maximum absolute atomic E-state index is 12.1. The smallest absolute Gasteiger partial charge is 0.303 e. The quantitative estimate of drug-likeness (QED) is 0.812. The van der Waals surface area contributed by atoms with E-state index in [2.05, 4.69) is 5.32 Å². The number of carboxylic acid groups (broad SMARTS) is 1. The molecule has 1 amide bonds. The number of nitrogens with one attached hydrogen (secondary N) is 1. The lowest BCUT2D eigenvalue weighted by atomic mass is 9.99. The van der Waals surface area contributed by atoms with Gasteiger partial charge in [-0.3, -0.25) is 9.59 Å². The van der Waals surface area contributed by atoms with Crippen molar-refractivity contribution >= 4 is 23.2 Å². The Morgan fingerprint density at radius 2 is 2.10 bits per heavy atom. The molecule has 2 N–H and O–H groups in total. The van der Waals surface area contributed by atoms with Gasteiger partial charge in [0, 0.05) is 17.8 Å². The number of hydrogen-bond acceptors (Lipinski definition) is 3. The first kappa shape index (κ1) is 16.0. The molecule has 116 valence electrons. The summed E-state index contributed by atoms with van der Waals surface area (Å²) in [7, 11) is 0. The van der Waals surface area contributed by atoms with Crippen molar-refractivity contribution in [1.82, 2.24) is 5.32 Å². The van der Waals surface area contributed by atoms with Crippen molar-refractivity contribution in [2.45, 2.75) is 51.9 Å². The number of hydrogen-bond donors (Lipinski definition) is 2. The van der Waals surface area contributed by atoms with E-state index < -0.39 is 5.97 Å². The zero-order valence-corrected chi connectivity index (χ0v) is 13.3. The lowest BCUT2D eigenvalue weighted by Gasteiger charge is -2.10. The summed E-state index contributed by atoms with van der Waals surface area (Å²) in [6.45, 7) is 2.64. The maximum Gasteiger partial charge on any atom is 0.303 e. The molecule has 1 atom stereocenters. The Bertz CT molecular complexity index is 486. The third kappa shape index (κ3) is 4.84. The minimum Gasteiger partial charge on any atom is -0.481 e. The van der Waals surface area contributed by atoms with Crippen LogP contribution in [0.5, 0.6) is 0 Å². The Balaban J connectivity index is 1.74. The van der Waals surface area contributed by atoms with Gasteiger partial charge in [0.1, 0.15) is 0 Å². The number of thiophene rings is 1. The predicted molar refractivity (Wildman–Crippen MR) is 83.9 cm³/mol. The van der Waals surface area contributed by atoms with Gasteiger partial charge in [-0.2, -0.15) is 0 Å². The van der Waals surface area contributed by atoms with Crippen molar-refractivity contribution in [1.29, 1.82) is 0 Å². The summed E-state index contributed by atoms with van der Waals surface area (Å²) in [5.41, 5.74) is 1.35. The van der Waals surface area contributed by atoms with E-state index in [0.29, 0.717) is 18.9 Å². The van der Waals surface area contributed by atoms with Crippen molar-refractivity contribution in [2.24, 2.45) is 5.92 Å². The van der Waals surface area contributed by atoms with E-state index in [1.807, 2.05) is 13.0 Å². The highest BCUT2D eigenvalue weighted by Crippen LogP contribution is 2.29. The first-order chi connectivity index (χ1) is 10.1. The lowest BCUT2D eigenvalue weighted by molar-refractivity contribution is -0.137. The molecule has 1 unspecified atom stereocenters. The van der Waals surface area contributed by atoms with Crippen LogP contribution in [0.3, 0.4) is 0 Å². The van der Waals surface area contributed by atoms with E-state index in [4.69, 9.17) is 5.11 Å². The predicted octanol–water partition coefficient (Wildman–Crippen LogP) is 3.25. The van der Waals surface area contributed by atoms with Crippen LogP contribution >= 0.6 is 11.3 Å². The second-order valence-electron chi connectivity index (χ2n) is 5.85. The highest BCUT2D eigenvalue weighted by Gasteiger charge is 2.17. The standard InChI is InChI=1S/C16H23NO3S/c1-11(6-7-15(18)19)8-9-17-16(20)14-10-12-4-2-3-5-13(12)21-14/h10-11H,2-9H2,1H3,(H,17,20)(H,18,19). The fraction of sp³-hybridized carbons (Fsp3) is 0.625. The Hall–Kier alpha value is -1.36. The molecule has 0 bridgehead atoms. The van der Waals surface area contributed by atoms with Crippen LogP contribution in [-0.4, -0.2) is 23.5 Å². The topological polar surface area (TPSA) is 66.4 Å². The second kappa shape index (κ2) is 7.59. The molecule has 0 saturated heterocycles. The minimum absolute atomic E-state index is 0.0137. The molecule has 0 aromatic carbocycles. The van der Waals surface area contributed by atoms with Gasteiger partial charge in [0.2, 0.25) is 0 Å². The summed E-state index contributed by atoms with van der Waals surface area (Å²) in [4.78, 5) is 24.8. The Morgan fingerprint density at radius 3 is 2.81 bits per heavy atom. The van der Waals surface area contributed by atoms with E-state index >= 15 is 0 Å². The highest BCUT2D eigenvalue weighted by molar-refractivity contribution is 7.14. The van der Waals surface area contributed by atoms with Crippen LogP contribution in [0.15, 0.2) is 6.07 Å². The number of carboxylic acids is 1. The molecule has 0 saturated carbocycles. The molecule has 1 aromatic heterocycles. The molecule has 5 heteroatoms. The molecule has 0 aliphatic heterocycles. The van der Waals surface area contributed by atoms with Gasteiger partial charge in [0.25, 0.3) is 5.91 Å². The van der Waals surface area contributed by atoms with E-state index in [1.54, 1.807) is 11.3 Å². The maximum atomic E-state index is 12.1. The van der Waals surface area contributed by atoms with Crippen LogP contribution in [0.1, 0.15) is 59.1 Å². The number of carbonyl (C=O) groups is 2. The molecule has 0 fully saturated rings. The largest absolute Gasteiger partial charge is 0.481 e. The summed E-state index contributed by atoms with van der Waals surface area (Å²) in [6.07, 6.45) is 6.36. The van der Waals surface area contributed by atoms with Crippen molar-refractivity contribution in [3.8, 4) is 0 Å². The zero-order chi connectivity index (χ0) is 15.2. The van der Waals surface area contributed by atoms with Gasteiger partial charge in [-0.15, -0.1) is 11.3 Å². The number of aliphatic carboxylic acids is 1. The number of fused-ring (bicyclic) bond motifs is 1. The first-order valence-electron chi connectivity index (χ1n) is 7.68. The molecular weight excluding hydrogens is 286 g/mol. The van der Waals surface area contributed by atoms with E-state index in [-0.39, 0.29) is 12.3 Å². The van der Waals surface area contributed by atoms with Crippen LogP contribution in [0.4, 0.5) is 0 Å². The van der Waals surface area contributed by atoms with Gasteiger partial charge >= 0.3 is 5.97 Å². The zero-order valence-electron chi connectivity index (χ0n) is 12.5. The number of rotatable bonds is 7. The Labute approximate surface area is 129 Å². The summed E-state index contributed by atoms with van der Waals surface area (Å²) in [5.74, 6) is -0.423. The third-order valence-corrected chi connectivity index (χ3v) is 5.23. The van der Waals surface area contributed by atoms with Crippen LogP contribution in [0, 0.1) is 5.92 Å². The molecular formula is C16H23NO3S. The summed E-state index contributed by atoms with van der Waals surface area (Å²) >= 11 is 1.63. The summed E-state index contributed by atoms with van der Waals surface area (Å²) < 4.78 is 0. The molecule has 1 heterocycles. The summed E-state index contributed by atoms with van der Waals surface area (Å²) in [6, 6.07) is 2.04. The average Bonchev–Trinajstić information content (AvgIpc) is 2.89. The van der Waals surface area contributed by atoms with Crippen molar-refractivity contribution in [2.75, 3.05) is 6.54 Å². The number of carbonyl (C=O) groups excluding carboxylic acids is 1. The van der Waals surface area contributed by atoms with Gasteiger partial charge in [0.05, 0.1) is 4.88 Å². The molecule has 0 spiro atoms. The average molecular weight is 309 g/mol. The fourth-order valence-electron chi connectivity index (χ4n) is 2.64. The van der Waals surface area contributed by atoms with Crippen molar-refractivity contribution in [3.63, 3.8) is 0 Å². The van der Waals surface area contributed by atoms with Gasteiger partial charge < -0.3 is 10.4 Å². The van der Waals surface area contributed by atoms with Gasteiger partial charge in [-0.05, 0) is 56.1 Å². The Kier molecular flexibility index (Phi) is 5.79. The van der Waals surface area contributed by atoms with Crippen molar-refractivity contribution in [3.05, 3.63) is 21.4 Å². The molecule has 0 radical (unpaired) electrons. The second-order valence-corrected chi connectivity index (χ2v) is 6.99. The molecule has 1 aromatic rings. The van der Waals surface area contributed by atoms with E-state index in [9.17, 15) is 9.59 Å². The first-order valence-corrected chi connectivity index (χ1v) is 8.49. The van der Waals surface area contributed by atoms with Gasteiger partial charge in [-0.1, -0.05) is 6.92 Å². The molecule has 1 aliphatic carbocycles. The van der Waals surface area contributed by atoms with Gasteiger partial charge in [-0.25, -0.2) is 0 Å². The van der Waals surface area contributed by atoms with Crippen LogP contribution < -0.4 is 5.32 Å². The molecule has 21 heavy (non-hydrogen) atoms. The highest BCUT2D eigenvalue weighted by atomic mass is 32.1. The van der Waals surface area contributed by atoms with Crippen LogP contribution in [0.25, 0.3) is 0 Å². The van der Waals surface area contributed by atoms with Gasteiger partial charge in [0.15, 0.2) is 0 Å². The number of amides is 1. The van der Waals surface area contributed by atoms with E-state index in [1.165, 1.54) is 23.3 Å². The molecule has 2 rings (SSSR count). The number of aryl methyl sites for hydroxylation is 2. The van der Waals surface area contributed by atoms with Crippen molar-refractivity contribution < 1.29 is 14.7 Å². The molecule has 1 aliphatic rings. The van der Waals surface area contributed by atoms with Crippen LogP contribution in [-0.2, 0) is 17.6 Å². The van der Waals surface area contributed by atoms with Crippen LogP contribution in [0.2, 0.25) is 0 Å². The van der Waals surface area contributed by atoms with E-state index in [0.717, 1.165) is 24.1 Å².